The summed E-state index contributed by atoms with van der Waals surface area (Å²) in [6.07, 6.45) is -3.59. The highest BCUT2D eigenvalue weighted by Crippen LogP contribution is 2.57. The maximum Gasteiger partial charge on any atom is 0.411 e. The van der Waals surface area contributed by atoms with Gasteiger partial charge >= 0.3 is 12.2 Å². The van der Waals surface area contributed by atoms with Crippen LogP contribution >= 0.6 is 0 Å². The number of nitrogens with zero attached hydrogens (tertiary/aromatic N) is 3. The number of primary amides is 2. The van der Waals surface area contributed by atoms with Gasteiger partial charge in [-0.25, -0.2) is 9.59 Å². The number of carbonyl (C=O) groups excluding carboxylic acids is 5. The highest BCUT2D eigenvalue weighted by atomic mass is 16.4. The van der Waals surface area contributed by atoms with Crippen molar-refractivity contribution < 1.29 is 43.8 Å². The lowest BCUT2D eigenvalue weighted by atomic mass is 9.62. The quantitative estimate of drug-likeness (QED) is 0.205. The SMILES string of the molecule is CC(=O)N(C1CCCN1[C@]1(C(=O)NC(=O)O)c2ccc(cc2)CC1(C)CC(N)=O)C1CCCN1[C@]1(C(=O)NC(=O)O)c2ccc(cc2)CC1(C)CC(N)=O. The molecule has 2 aromatic rings. The summed E-state index contributed by atoms with van der Waals surface area (Å²) in [6, 6.07) is 14.2. The van der Waals surface area contributed by atoms with E-state index < -0.39 is 76.0 Å². The highest BCUT2D eigenvalue weighted by Gasteiger charge is 2.66. The summed E-state index contributed by atoms with van der Waals surface area (Å²) in [5, 5.41) is 24.0. The van der Waals surface area contributed by atoms with E-state index in [1.807, 2.05) is 24.3 Å². The van der Waals surface area contributed by atoms with Crippen LogP contribution in [0.2, 0.25) is 0 Å². The zero-order valence-corrected chi connectivity index (χ0v) is 30.6. The van der Waals surface area contributed by atoms with Gasteiger partial charge < -0.3 is 26.6 Å². The number of rotatable bonds is 10. The number of hydrogen-bond donors (Lipinski definition) is 6. The molecule has 0 aromatic heterocycles. The number of carboxylic acid groups (broad SMARTS) is 2. The standard InChI is InChI=1S/C38H47N7O9/c1-22(46)45(29-6-4-16-43(29)37(31(49)41-33(51)52)25-12-8-23(9-13-25)18-35(37,2)20-27(39)47)30-7-5-17-44(30)38(32(50)42-34(53)54)26-14-10-24(11-15-26)19-36(38,3)21-28(40)48/h8-15,29-30H,4-7,16-21H2,1-3H3,(H2,39,47)(H2,40,48)(H,41,49)(H,42,50)(H,51,52)(H,53,54)/t29?,30?,35?,36?,37-,38-/m0/s1. The van der Waals surface area contributed by atoms with E-state index in [0.717, 1.165) is 11.1 Å². The summed E-state index contributed by atoms with van der Waals surface area (Å²) >= 11 is 0. The van der Waals surface area contributed by atoms with Crippen LogP contribution in [0.4, 0.5) is 9.59 Å². The van der Waals surface area contributed by atoms with E-state index in [0.29, 0.717) is 36.8 Å². The van der Waals surface area contributed by atoms with Crippen molar-refractivity contribution in [3.8, 4) is 0 Å². The first-order chi connectivity index (χ1) is 25.4. The number of imide groups is 2. The summed E-state index contributed by atoms with van der Waals surface area (Å²) in [7, 11) is 0. The predicted molar refractivity (Wildman–Crippen MR) is 192 cm³/mol. The van der Waals surface area contributed by atoms with Crippen molar-refractivity contribution in [2.75, 3.05) is 13.1 Å². The number of likely N-dealkylation sites (tertiary alicyclic amines) is 2. The lowest BCUT2D eigenvalue weighted by molar-refractivity contribution is -0.176. The fourth-order valence-electron chi connectivity index (χ4n) is 10.7. The fourth-order valence-corrected chi connectivity index (χ4v) is 10.7. The minimum atomic E-state index is -1.83. The molecule has 16 nitrogen and oxygen atoms in total. The zero-order chi connectivity index (χ0) is 39.4. The maximum absolute atomic E-state index is 14.7. The van der Waals surface area contributed by atoms with E-state index in [-0.39, 0.29) is 38.8 Å². The molecule has 4 aliphatic carbocycles. The van der Waals surface area contributed by atoms with Crippen LogP contribution in [0.5, 0.6) is 0 Å². The second-order valence-electron chi connectivity index (χ2n) is 15.7. The molecule has 8 N–H and O–H groups in total. The minimum Gasteiger partial charge on any atom is -0.465 e. The van der Waals surface area contributed by atoms with Crippen molar-refractivity contribution in [3.05, 3.63) is 70.8 Å². The van der Waals surface area contributed by atoms with Crippen LogP contribution in [0.15, 0.2) is 48.5 Å². The third-order valence-corrected chi connectivity index (χ3v) is 12.2. The average molecular weight is 746 g/mol. The lowest BCUT2D eigenvalue weighted by Crippen LogP contribution is -2.72. The van der Waals surface area contributed by atoms with Gasteiger partial charge in [-0.3, -0.25) is 44.4 Å². The van der Waals surface area contributed by atoms with E-state index in [1.165, 1.54) is 6.92 Å². The van der Waals surface area contributed by atoms with Gasteiger partial charge in [0, 0.05) is 43.7 Å². The van der Waals surface area contributed by atoms with Gasteiger partial charge in [0.1, 0.15) is 11.1 Å². The third kappa shape index (κ3) is 5.87. The Bertz CT molecular complexity index is 1780. The van der Waals surface area contributed by atoms with Gasteiger partial charge in [0.2, 0.25) is 17.7 Å². The molecule has 7 amide bonds. The van der Waals surface area contributed by atoms with Crippen molar-refractivity contribution in [1.29, 1.82) is 0 Å². The van der Waals surface area contributed by atoms with Crippen molar-refractivity contribution in [2.45, 2.75) is 95.5 Å². The number of amides is 7. The summed E-state index contributed by atoms with van der Waals surface area (Å²) < 4.78 is 0. The van der Waals surface area contributed by atoms with Gasteiger partial charge in [-0.2, -0.15) is 0 Å². The number of benzene rings is 2. The second kappa shape index (κ2) is 13.8. The smallest absolute Gasteiger partial charge is 0.411 e. The molecular weight excluding hydrogens is 698 g/mol. The molecule has 2 heterocycles. The van der Waals surface area contributed by atoms with Crippen LogP contribution in [0.3, 0.4) is 0 Å². The Morgan fingerprint density at radius 3 is 1.33 bits per heavy atom. The number of carbonyl (C=O) groups is 7. The Hall–Kier alpha value is -5.35. The lowest BCUT2D eigenvalue weighted by Gasteiger charge is -2.57. The van der Waals surface area contributed by atoms with Crippen molar-refractivity contribution in [2.24, 2.45) is 22.3 Å². The molecule has 2 aliphatic heterocycles. The largest absolute Gasteiger partial charge is 0.465 e. The zero-order valence-electron chi connectivity index (χ0n) is 30.6. The molecule has 8 rings (SSSR count). The van der Waals surface area contributed by atoms with Gasteiger partial charge in [-0.05, 0) is 60.8 Å². The van der Waals surface area contributed by atoms with E-state index in [4.69, 9.17) is 11.5 Å². The Kier molecular flexibility index (Phi) is 9.82. The topological polar surface area (TPSA) is 246 Å². The molecular formula is C38H47N7O9. The maximum atomic E-state index is 14.7. The molecule has 0 spiro atoms. The minimum absolute atomic E-state index is 0.179. The summed E-state index contributed by atoms with van der Waals surface area (Å²) in [5.41, 5.74) is 7.86. The molecule has 6 atom stereocenters. The van der Waals surface area contributed by atoms with E-state index >= 15 is 0 Å². The Morgan fingerprint density at radius 2 is 1.04 bits per heavy atom. The van der Waals surface area contributed by atoms with E-state index in [2.05, 4.69) is 10.6 Å². The highest BCUT2D eigenvalue weighted by molar-refractivity contribution is 6.00. The summed E-state index contributed by atoms with van der Waals surface area (Å²) in [6.45, 7) is 5.26. The van der Waals surface area contributed by atoms with Gasteiger partial charge in [-0.15, -0.1) is 0 Å². The molecule has 4 bridgehead atoms. The van der Waals surface area contributed by atoms with Crippen molar-refractivity contribution in [1.82, 2.24) is 25.3 Å². The Balaban J connectivity index is 1.57. The molecule has 0 radical (unpaired) electrons. The van der Waals surface area contributed by atoms with Crippen LogP contribution in [0.1, 0.15) is 81.5 Å². The third-order valence-electron chi connectivity index (χ3n) is 12.2. The van der Waals surface area contributed by atoms with Crippen LogP contribution < -0.4 is 22.1 Å². The van der Waals surface area contributed by atoms with Gasteiger partial charge in [0.05, 0.1) is 12.3 Å². The van der Waals surface area contributed by atoms with Gasteiger partial charge in [0.15, 0.2) is 0 Å². The fraction of sp³-hybridized carbons (Fsp3) is 0.500. The van der Waals surface area contributed by atoms with Gasteiger partial charge in [-0.1, -0.05) is 62.4 Å². The molecule has 2 aromatic carbocycles. The number of hydrogen-bond acceptors (Lipinski definition) is 9. The number of fused-ring (bicyclic) bond motifs is 8. The normalized spacial score (nSPS) is 30.3. The van der Waals surface area contributed by atoms with Gasteiger partial charge in [0.25, 0.3) is 11.8 Å². The summed E-state index contributed by atoms with van der Waals surface area (Å²) in [5.74, 6) is -3.63. The molecule has 2 saturated heterocycles. The van der Waals surface area contributed by atoms with Crippen LogP contribution in [-0.2, 0) is 47.9 Å². The molecule has 0 saturated carbocycles. The molecule has 2 fully saturated rings. The first kappa shape index (κ1) is 38.4. The Morgan fingerprint density at radius 1 is 0.685 bits per heavy atom. The first-order valence-corrected chi connectivity index (χ1v) is 18.1. The molecule has 54 heavy (non-hydrogen) atoms. The molecule has 288 valence electrons. The van der Waals surface area contributed by atoms with Crippen molar-refractivity contribution >= 4 is 41.7 Å². The van der Waals surface area contributed by atoms with E-state index in [1.54, 1.807) is 52.8 Å². The number of nitrogens with one attached hydrogen (secondary N) is 2. The molecule has 16 heteroatoms. The second-order valence-corrected chi connectivity index (χ2v) is 15.7. The number of nitrogens with two attached hydrogens (primary N) is 2. The molecule has 4 unspecified atom stereocenters. The first-order valence-electron chi connectivity index (χ1n) is 18.1. The summed E-state index contributed by atoms with van der Waals surface area (Å²) in [4.78, 5) is 98.9. The Labute approximate surface area is 312 Å². The molecule has 6 aliphatic rings. The predicted octanol–water partition coefficient (Wildman–Crippen LogP) is 1.93. The van der Waals surface area contributed by atoms with Crippen LogP contribution in [0.25, 0.3) is 0 Å². The monoisotopic (exact) mass is 745 g/mol. The van der Waals surface area contributed by atoms with E-state index in [9.17, 15) is 43.8 Å². The van der Waals surface area contributed by atoms with Crippen molar-refractivity contribution in [3.63, 3.8) is 0 Å². The van der Waals surface area contributed by atoms with Crippen LogP contribution in [-0.4, -0.2) is 92.1 Å². The average Bonchev–Trinajstić information content (AvgIpc) is 3.63. The van der Waals surface area contributed by atoms with Crippen LogP contribution in [0, 0.1) is 10.8 Å².